The van der Waals surface area contributed by atoms with Crippen molar-refractivity contribution in [3.63, 3.8) is 0 Å². The van der Waals surface area contributed by atoms with E-state index in [2.05, 4.69) is 24.6 Å². The number of carbonyl (C=O) groups excluding carboxylic acids is 1. The summed E-state index contributed by atoms with van der Waals surface area (Å²) in [5, 5.41) is 0. The molecule has 0 atom stereocenters. The summed E-state index contributed by atoms with van der Waals surface area (Å²) in [4.78, 5) is 12.2. The lowest BCUT2D eigenvalue weighted by Gasteiger charge is -2.30. The Balaban J connectivity index is 1.75. The normalized spacial score (nSPS) is 22.7. The minimum Gasteiger partial charge on any atom is -0.351 e. The molecule has 0 aromatic carbocycles. The molecule has 19 heavy (non-hydrogen) atoms. The number of hydrogen-bond donors (Lipinski definition) is 0. The summed E-state index contributed by atoms with van der Waals surface area (Å²) in [6.45, 7) is 5.52. The number of Topliss-reactive ketones (excluding diaryl/α,β-unsaturated/α-hetero) is 1. The Bertz CT molecular complexity index is 477. The highest BCUT2D eigenvalue weighted by Crippen LogP contribution is 2.36. The molecular formula is C17H25NO. The summed E-state index contributed by atoms with van der Waals surface area (Å²) in [7, 11) is 0. The van der Waals surface area contributed by atoms with Gasteiger partial charge in [-0.15, -0.1) is 0 Å². The Morgan fingerprint density at radius 2 is 2.00 bits per heavy atom. The van der Waals surface area contributed by atoms with E-state index in [-0.39, 0.29) is 5.41 Å². The zero-order valence-corrected chi connectivity index (χ0v) is 12.2. The molecule has 1 heterocycles. The third kappa shape index (κ3) is 2.63. The van der Waals surface area contributed by atoms with Gasteiger partial charge in [0.25, 0.3) is 0 Å². The van der Waals surface area contributed by atoms with Crippen molar-refractivity contribution in [3.8, 4) is 0 Å². The first-order chi connectivity index (χ1) is 9.05. The first-order valence-corrected chi connectivity index (χ1v) is 7.76. The van der Waals surface area contributed by atoms with Crippen LogP contribution in [0.4, 0.5) is 0 Å². The van der Waals surface area contributed by atoms with Crippen molar-refractivity contribution >= 4 is 5.78 Å². The third-order valence-corrected chi connectivity index (χ3v) is 4.92. The van der Waals surface area contributed by atoms with E-state index in [1.165, 1.54) is 37.8 Å². The molecule has 0 N–H and O–H groups in total. The van der Waals surface area contributed by atoms with Crippen LogP contribution in [-0.2, 0) is 13.0 Å². The van der Waals surface area contributed by atoms with E-state index in [1.807, 2.05) is 6.07 Å². The van der Waals surface area contributed by atoms with Gasteiger partial charge in [-0.25, -0.2) is 0 Å². The van der Waals surface area contributed by atoms with E-state index in [9.17, 15) is 4.79 Å². The molecule has 0 unspecified atom stereocenters. The summed E-state index contributed by atoms with van der Waals surface area (Å²) >= 11 is 0. The van der Waals surface area contributed by atoms with Crippen molar-refractivity contribution in [1.29, 1.82) is 0 Å². The second kappa shape index (κ2) is 4.81. The van der Waals surface area contributed by atoms with Gasteiger partial charge < -0.3 is 4.57 Å². The monoisotopic (exact) mass is 259 g/mol. The Labute approximate surface area is 116 Å². The molecule has 2 aliphatic rings. The Morgan fingerprint density at radius 3 is 2.74 bits per heavy atom. The lowest BCUT2D eigenvalue weighted by atomic mass is 9.76. The van der Waals surface area contributed by atoms with E-state index in [0.29, 0.717) is 12.2 Å². The summed E-state index contributed by atoms with van der Waals surface area (Å²) in [5.41, 5.74) is 2.41. The molecular weight excluding hydrogens is 234 g/mol. The minimum atomic E-state index is 0.132. The second-order valence-electron chi connectivity index (χ2n) is 7.25. The van der Waals surface area contributed by atoms with Gasteiger partial charge in [-0.1, -0.05) is 39.5 Å². The molecule has 1 fully saturated rings. The van der Waals surface area contributed by atoms with Crippen LogP contribution in [0.5, 0.6) is 0 Å². The molecule has 0 amide bonds. The topological polar surface area (TPSA) is 22.0 Å². The predicted octanol–water partition coefficient (Wildman–Crippen LogP) is 4.22. The fourth-order valence-electron chi connectivity index (χ4n) is 3.83. The maximum atomic E-state index is 12.2. The number of hydrogen-bond acceptors (Lipinski definition) is 1. The lowest BCUT2D eigenvalue weighted by Crippen LogP contribution is -2.28. The van der Waals surface area contributed by atoms with Crippen molar-refractivity contribution in [3.05, 3.63) is 23.5 Å². The van der Waals surface area contributed by atoms with Crippen LogP contribution in [0.25, 0.3) is 0 Å². The van der Waals surface area contributed by atoms with Crippen molar-refractivity contribution in [1.82, 2.24) is 4.57 Å². The average Bonchev–Trinajstić information content (AvgIpc) is 2.93. The SMILES string of the molecule is CC1(C)CC(=O)c2ccn(CCC3CCCC3)c2C1. The number of ketones is 1. The van der Waals surface area contributed by atoms with Crippen LogP contribution in [0.1, 0.15) is 68.4 Å². The molecule has 104 valence electrons. The van der Waals surface area contributed by atoms with Gasteiger partial charge in [-0.05, 0) is 30.2 Å². The summed E-state index contributed by atoms with van der Waals surface area (Å²) < 4.78 is 2.35. The van der Waals surface area contributed by atoms with Gasteiger partial charge in [0.15, 0.2) is 5.78 Å². The average molecular weight is 259 g/mol. The van der Waals surface area contributed by atoms with E-state index >= 15 is 0 Å². The van der Waals surface area contributed by atoms with Crippen LogP contribution in [0.15, 0.2) is 12.3 Å². The van der Waals surface area contributed by atoms with Crippen molar-refractivity contribution in [2.45, 2.75) is 65.3 Å². The number of aryl methyl sites for hydroxylation is 1. The zero-order chi connectivity index (χ0) is 13.5. The molecule has 0 spiro atoms. The summed E-state index contributed by atoms with van der Waals surface area (Å²) in [5.74, 6) is 1.26. The van der Waals surface area contributed by atoms with Crippen LogP contribution in [-0.4, -0.2) is 10.4 Å². The maximum Gasteiger partial charge on any atom is 0.165 e. The van der Waals surface area contributed by atoms with Crippen LogP contribution in [0, 0.1) is 11.3 Å². The zero-order valence-electron chi connectivity index (χ0n) is 12.2. The quantitative estimate of drug-likeness (QED) is 0.796. The van der Waals surface area contributed by atoms with Gasteiger partial charge in [0, 0.05) is 30.4 Å². The molecule has 1 aromatic rings. The highest BCUT2D eigenvalue weighted by Gasteiger charge is 2.32. The number of nitrogens with zero attached hydrogens (tertiary/aromatic N) is 1. The molecule has 2 aliphatic carbocycles. The molecule has 0 bridgehead atoms. The fraction of sp³-hybridized carbons (Fsp3) is 0.706. The molecule has 2 nitrogen and oxygen atoms in total. The van der Waals surface area contributed by atoms with Gasteiger partial charge in [0.1, 0.15) is 0 Å². The van der Waals surface area contributed by atoms with Gasteiger partial charge in [-0.3, -0.25) is 4.79 Å². The smallest absolute Gasteiger partial charge is 0.165 e. The highest BCUT2D eigenvalue weighted by atomic mass is 16.1. The van der Waals surface area contributed by atoms with Crippen LogP contribution in [0.3, 0.4) is 0 Å². The van der Waals surface area contributed by atoms with Gasteiger partial charge in [0.2, 0.25) is 0 Å². The largest absolute Gasteiger partial charge is 0.351 e. The number of carbonyl (C=O) groups is 1. The van der Waals surface area contributed by atoms with Crippen molar-refractivity contribution < 1.29 is 4.79 Å². The Morgan fingerprint density at radius 1 is 1.26 bits per heavy atom. The van der Waals surface area contributed by atoms with Gasteiger partial charge in [0.05, 0.1) is 0 Å². The number of rotatable bonds is 3. The van der Waals surface area contributed by atoms with Gasteiger partial charge in [-0.2, -0.15) is 0 Å². The molecule has 1 saturated carbocycles. The molecule has 2 heteroatoms. The van der Waals surface area contributed by atoms with Crippen LogP contribution in [0.2, 0.25) is 0 Å². The van der Waals surface area contributed by atoms with Crippen LogP contribution < -0.4 is 0 Å². The third-order valence-electron chi connectivity index (χ3n) is 4.92. The Hall–Kier alpha value is -1.05. The summed E-state index contributed by atoms with van der Waals surface area (Å²) in [6, 6.07) is 2.04. The summed E-state index contributed by atoms with van der Waals surface area (Å²) in [6.07, 6.45) is 10.8. The standard InChI is InChI=1S/C17H25NO/c1-17(2)11-15-14(16(19)12-17)8-10-18(15)9-7-13-5-3-4-6-13/h8,10,13H,3-7,9,11-12H2,1-2H3. The predicted molar refractivity (Wildman–Crippen MR) is 77.4 cm³/mol. The molecule has 1 aromatic heterocycles. The molecule has 0 saturated heterocycles. The van der Waals surface area contributed by atoms with E-state index in [0.717, 1.165) is 24.4 Å². The van der Waals surface area contributed by atoms with Crippen molar-refractivity contribution in [2.75, 3.05) is 0 Å². The fourth-order valence-corrected chi connectivity index (χ4v) is 3.83. The Kier molecular flexibility index (Phi) is 3.28. The van der Waals surface area contributed by atoms with Crippen LogP contribution >= 0.6 is 0 Å². The number of aromatic nitrogens is 1. The van der Waals surface area contributed by atoms with E-state index in [4.69, 9.17) is 0 Å². The molecule has 0 radical (unpaired) electrons. The van der Waals surface area contributed by atoms with E-state index in [1.54, 1.807) is 0 Å². The van der Waals surface area contributed by atoms with Crippen molar-refractivity contribution in [2.24, 2.45) is 11.3 Å². The molecule has 0 aliphatic heterocycles. The second-order valence-corrected chi connectivity index (χ2v) is 7.25. The molecule has 3 rings (SSSR count). The maximum absolute atomic E-state index is 12.2. The first kappa shape index (κ1) is 13.0. The highest BCUT2D eigenvalue weighted by molar-refractivity contribution is 5.98. The minimum absolute atomic E-state index is 0.132. The van der Waals surface area contributed by atoms with Gasteiger partial charge >= 0.3 is 0 Å². The van der Waals surface area contributed by atoms with E-state index < -0.39 is 0 Å². The lowest BCUT2D eigenvalue weighted by molar-refractivity contribution is 0.0910. The number of fused-ring (bicyclic) bond motifs is 1. The first-order valence-electron chi connectivity index (χ1n) is 7.76.